The molecule has 0 bridgehead atoms. The topological polar surface area (TPSA) is 59.3 Å². The Balaban J connectivity index is 1.53. The van der Waals surface area contributed by atoms with Crippen LogP contribution in [0.2, 0.25) is 10.0 Å². The number of rotatable bonds is 7. The smallest absolute Gasteiger partial charge is 0.287 e. The van der Waals surface area contributed by atoms with Gasteiger partial charge in [-0.2, -0.15) is 0 Å². The fourth-order valence-corrected chi connectivity index (χ4v) is 3.95. The van der Waals surface area contributed by atoms with Crippen molar-refractivity contribution in [2.45, 2.75) is 18.1 Å². The standard InChI is InChI=1S/C20H17Cl2NO3S/c21-16-6-4-14(5-7-16)12-27(25)13-18-8-9-19(26-18)20(24)23-11-15-2-1-3-17(22)10-15/h1-10H,11-13H2,(H,23,24)/t27-/m0/s1. The maximum absolute atomic E-state index is 12.3. The van der Waals surface area contributed by atoms with Crippen molar-refractivity contribution in [1.29, 1.82) is 0 Å². The third-order valence-electron chi connectivity index (χ3n) is 3.77. The molecule has 0 fully saturated rings. The number of carbonyl (C=O) groups is 1. The molecule has 4 nitrogen and oxygen atoms in total. The summed E-state index contributed by atoms with van der Waals surface area (Å²) < 4.78 is 17.8. The number of benzene rings is 2. The van der Waals surface area contributed by atoms with Crippen molar-refractivity contribution in [1.82, 2.24) is 5.32 Å². The average molecular weight is 422 g/mol. The minimum absolute atomic E-state index is 0.190. The number of hydrogen-bond donors (Lipinski definition) is 1. The van der Waals surface area contributed by atoms with Gasteiger partial charge < -0.3 is 9.73 Å². The Hall–Kier alpha value is -2.08. The quantitative estimate of drug-likeness (QED) is 0.585. The normalized spacial score (nSPS) is 11.9. The second kappa shape index (κ2) is 9.22. The predicted molar refractivity (Wildman–Crippen MR) is 108 cm³/mol. The molecule has 0 radical (unpaired) electrons. The number of hydrogen-bond acceptors (Lipinski definition) is 3. The van der Waals surface area contributed by atoms with Crippen LogP contribution in [0, 0.1) is 0 Å². The molecule has 3 aromatic rings. The largest absolute Gasteiger partial charge is 0.455 e. The Morgan fingerprint density at radius 3 is 2.44 bits per heavy atom. The van der Waals surface area contributed by atoms with Gasteiger partial charge in [-0.25, -0.2) is 0 Å². The van der Waals surface area contributed by atoms with Gasteiger partial charge in [-0.1, -0.05) is 47.5 Å². The van der Waals surface area contributed by atoms with Gasteiger partial charge in [0.1, 0.15) is 5.76 Å². The second-order valence-corrected chi connectivity index (χ2v) is 8.26. The van der Waals surface area contributed by atoms with E-state index >= 15 is 0 Å². The van der Waals surface area contributed by atoms with Gasteiger partial charge in [-0.05, 0) is 47.5 Å². The number of furan rings is 1. The first-order valence-electron chi connectivity index (χ1n) is 8.20. The van der Waals surface area contributed by atoms with Crippen LogP contribution in [0.3, 0.4) is 0 Å². The van der Waals surface area contributed by atoms with Crippen molar-refractivity contribution >= 4 is 39.9 Å². The molecule has 1 heterocycles. The van der Waals surface area contributed by atoms with E-state index < -0.39 is 10.8 Å². The van der Waals surface area contributed by atoms with E-state index in [4.69, 9.17) is 27.6 Å². The van der Waals surface area contributed by atoms with Crippen molar-refractivity contribution in [2.24, 2.45) is 0 Å². The SMILES string of the molecule is O=C(NCc1cccc(Cl)c1)c1ccc(C[S@@](=O)Cc2ccc(Cl)cc2)o1. The lowest BCUT2D eigenvalue weighted by molar-refractivity contribution is 0.0921. The summed E-state index contributed by atoms with van der Waals surface area (Å²) in [5, 5.41) is 4.03. The van der Waals surface area contributed by atoms with Crippen LogP contribution >= 0.6 is 23.2 Å². The summed E-state index contributed by atoms with van der Waals surface area (Å²) in [5.41, 5.74) is 1.83. The van der Waals surface area contributed by atoms with Crippen LogP contribution in [0.1, 0.15) is 27.4 Å². The fourth-order valence-electron chi connectivity index (χ4n) is 2.47. The highest BCUT2D eigenvalue weighted by molar-refractivity contribution is 7.83. The Morgan fingerprint density at radius 2 is 1.70 bits per heavy atom. The molecule has 140 valence electrons. The molecular weight excluding hydrogens is 405 g/mol. The molecule has 1 amide bonds. The maximum Gasteiger partial charge on any atom is 0.287 e. The zero-order valence-electron chi connectivity index (χ0n) is 14.3. The van der Waals surface area contributed by atoms with Gasteiger partial charge >= 0.3 is 0 Å². The third kappa shape index (κ3) is 5.96. The molecule has 1 atom stereocenters. The highest BCUT2D eigenvalue weighted by Crippen LogP contribution is 2.15. The molecule has 0 aliphatic carbocycles. The summed E-state index contributed by atoms with van der Waals surface area (Å²) in [6, 6.07) is 17.7. The van der Waals surface area contributed by atoms with Crippen LogP contribution in [0.15, 0.2) is 65.1 Å². The van der Waals surface area contributed by atoms with Crippen LogP contribution in [0.25, 0.3) is 0 Å². The Labute approximate surface area is 169 Å². The van der Waals surface area contributed by atoms with Gasteiger partial charge in [0.25, 0.3) is 5.91 Å². The molecule has 0 unspecified atom stereocenters. The highest BCUT2D eigenvalue weighted by atomic mass is 35.5. The molecule has 7 heteroatoms. The summed E-state index contributed by atoms with van der Waals surface area (Å²) in [6.45, 7) is 0.345. The molecule has 27 heavy (non-hydrogen) atoms. The van der Waals surface area contributed by atoms with E-state index in [0.29, 0.717) is 28.1 Å². The molecule has 1 aromatic heterocycles. The van der Waals surface area contributed by atoms with Crippen LogP contribution in [0.5, 0.6) is 0 Å². The molecule has 2 aromatic carbocycles. The molecular formula is C20H17Cl2NO3S. The summed E-state index contributed by atoms with van der Waals surface area (Å²) in [6.07, 6.45) is 0. The minimum atomic E-state index is -1.15. The number of amides is 1. The lowest BCUT2D eigenvalue weighted by Crippen LogP contribution is -2.22. The number of nitrogens with one attached hydrogen (secondary N) is 1. The highest BCUT2D eigenvalue weighted by Gasteiger charge is 2.13. The van der Waals surface area contributed by atoms with E-state index in [9.17, 15) is 9.00 Å². The van der Waals surface area contributed by atoms with Crippen molar-refractivity contribution < 1.29 is 13.4 Å². The molecule has 3 rings (SSSR count). The van der Waals surface area contributed by atoms with Crippen LogP contribution < -0.4 is 5.32 Å². The minimum Gasteiger partial charge on any atom is -0.455 e. The zero-order chi connectivity index (χ0) is 19.2. The van der Waals surface area contributed by atoms with Gasteiger partial charge in [0.2, 0.25) is 0 Å². The summed E-state index contributed by atoms with van der Waals surface area (Å²) in [4.78, 5) is 12.2. The van der Waals surface area contributed by atoms with Crippen LogP contribution in [0.4, 0.5) is 0 Å². The van der Waals surface area contributed by atoms with Gasteiger partial charge in [0, 0.05) is 33.1 Å². The summed E-state index contributed by atoms with van der Waals surface area (Å²) in [5.74, 6) is 1.01. The van der Waals surface area contributed by atoms with Gasteiger partial charge in [0.05, 0.1) is 5.75 Å². The molecule has 1 N–H and O–H groups in total. The van der Waals surface area contributed by atoms with Crippen LogP contribution in [-0.4, -0.2) is 10.1 Å². The molecule has 0 saturated carbocycles. The molecule has 0 aliphatic heterocycles. The average Bonchev–Trinajstić information content (AvgIpc) is 3.10. The first-order chi connectivity index (χ1) is 13.0. The van der Waals surface area contributed by atoms with E-state index in [1.807, 2.05) is 24.3 Å². The van der Waals surface area contributed by atoms with E-state index in [0.717, 1.165) is 11.1 Å². The van der Waals surface area contributed by atoms with E-state index in [2.05, 4.69) is 5.32 Å². The van der Waals surface area contributed by atoms with Gasteiger partial charge in [-0.3, -0.25) is 9.00 Å². The van der Waals surface area contributed by atoms with Crippen molar-refractivity contribution in [3.8, 4) is 0 Å². The van der Waals surface area contributed by atoms with Gasteiger partial charge in [0.15, 0.2) is 5.76 Å². The van der Waals surface area contributed by atoms with E-state index in [1.54, 1.807) is 36.4 Å². The molecule has 0 aliphatic rings. The summed E-state index contributed by atoms with van der Waals surface area (Å²) >= 11 is 11.8. The predicted octanol–water partition coefficient (Wildman–Crippen LogP) is 4.97. The fraction of sp³-hybridized carbons (Fsp3) is 0.150. The third-order valence-corrected chi connectivity index (χ3v) is 5.52. The Morgan fingerprint density at radius 1 is 0.926 bits per heavy atom. The van der Waals surface area contributed by atoms with Crippen molar-refractivity contribution in [2.75, 3.05) is 0 Å². The van der Waals surface area contributed by atoms with E-state index in [-0.39, 0.29) is 17.4 Å². The second-order valence-electron chi connectivity index (χ2n) is 5.93. The monoisotopic (exact) mass is 421 g/mol. The van der Waals surface area contributed by atoms with Crippen molar-refractivity contribution in [3.63, 3.8) is 0 Å². The number of halogens is 2. The molecule has 0 spiro atoms. The maximum atomic E-state index is 12.3. The first-order valence-corrected chi connectivity index (χ1v) is 10.4. The zero-order valence-corrected chi connectivity index (χ0v) is 16.6. The van der Waals surface area contributed by atoms with Crippen molar-refractivity contribution in [3.05, 3.63) is 93.4 Å². The Kier molecular flexibility index (Phi) is 6.72. The summed E-state index contributed by atoms with van der Waals surface area (Å²) in [7, 11) is -1.15. The number of carbonyl (C=O) groups excluding carboxylic acids is 1. The Bertz CT molecular complexity index is 954. The van der Waals surface area contributed by atoms with Gasteiger partial charge in [-0.15, -0.1) is 0 Å². The lowest BCUT2D eigenvalue weighted by atomic mass is 10.2. The lowest BCUT2D eigenvalue weighted by Gasteiger charge is -2.04. The van der Waals surface area contributed by atoms with Crippen LogP contribution in [-0.2, 0) is 28.9 Å². The first kappa shape index (κ1) is 19.7. The van der Waals surface area contributed by atoms with E-state index in [1.165, 1.54) is 0 Å². The molecule has 0 saturated heterocycles.